The molecule has 2 rings (SSSR count). The topological polar surface area (TPSA) is 64.1 Å². The minimum Gasteiger partial charge on any atom is -0.289 e. The fourth-order valence-electron chi connectivity index (χ4n) is 1.74. The minimum absolute atomic E-state index is 0. The number of pyridine rings is 1. The van der Waals surface area contributed by atoms with E-state index in [0.29, 0.717) is 11.1 Å². The van der Waals surface area contributed by atoms with Gasteiger partial charge in [0.2, 0.25) is 0 Å². The Hall–Kier alpha value is -2.09. The number of halogens is 1. The molecule has 0 spiro atoms. The zero-order valence-electron chi connectivity index (χ0n) is 11.3. The van der Waals surface area contributed by atoms with Crippen molar-refractivity contribution in [3.8, 4) is 0 Å². The molecular formula is C15H14IN2O3+. The van der Waals surface area contributed by atoms with E-state index in [9.17, 15) is 14.9 Å². The molecule has 0 N–H and O–H groups in total. The Morgan fingerprint density at radius 2 is 2.05 bits per heavy atom. The van der Waals surface area contributed by atoms with Crippen molar-refractivity contribution in [2.45, 2.75) is 0 Å². The van der Waals surface area contributed by atoms with Gasteiger partial charge >= 0.3 is 0 Å². The van der Waals surface area contributed by atoms with Gasteiger partial charge in [-0.05, 0) is 17.7 Å². The summed E-state index contributed by atoms with van der Waals surface area (Å²) in [5.74, 6) is -0.146. The molecule has 0 fully saturated rings. The molecule has 0 bridgehead atoms. The quantitative estimate of drug-likeness (QED) is 0.199. The number of carbonyl (C=O) groups is 1. The van der Waals surface area contributed by atoms with E-state index in [1.807, 2.05) is 13.2 Å². The molecular weight excluding hydrogens is 383 g/mol. The lowest BCUT2D eigenvalue weighted by atomic mass is 10.1. The van der Waals surface area contributed by atoms with Crippen molar-refractivity contribution in [3.05, 3.63) is 76.1 Å². The van der Waals surface area contributed by atoms with Crippen molar-refractivity contribution in [1.29, 1.82) is 0 Å². The largest absolute Gasteiger partial charge is 0.289 e. The highest BCUT2D eigenvalue weighted by atomic mass is 127. The van der Waals surface area contributed by atoms with E-state index in [2.05, 4.69) is 0 Å². The van der Waals surface area contributed by atoms with Crippen LogP contribution in [0.25, 0.3) is 6.08 Å². The molecule has 0 radical (unpaired) electrons. The van der Waals surface area contributed by atoms with Gasteiger partial charge < -0.3 is 0 Å². The first-order valence-electron chi connectivity index (χ1n) is 5.98. The highest BCUT2D eigenvalue weighted by Gasteiger charge is 2.07. The average Bonchev–Trinajstić information content (AvgIpc) is 2.45. The Bertz CT molecular complexity index is 699. The number of nitro groups is 1. The molecule has 5 nitrogen and oxygen atoms in total. The summed E-state index contributed by atoms with van der Waals surface area (Å²) in [7, 11) is 1.83. The molecule has 1 aromatic heterocycles. The van der Waals surface area contributed by atoms with Crippen LogP contribution in [0.3, 0.4) is 0 Å². The van der Waals surface area contributed by atoms with Gasteiger partial charge in [-0.3, -0.25) is 14.9 Å². The van der Waals surface area contributed by atoms with Crippen LogP contribution < -0.4 is 4.57 Å². The van der Waals surface area contributed by atoms with Crippen LogP contribution in [0, 0.1) is 10.1 Å². The number of hydrogen-bond acceptors (Lipinski definition) is 3. The lowest BCUT2D eigenvalue weighted by Crippen LogP contribution is -2.27. The molecule has 0 atom stereocenters. The summed E-state index contributed by atoms with van der Waals surface area (Å²) < 4.78 is 1.79. The highest BCUT2D eigenvalue weighted by molar-refractivity contribution is 14.0. The van der Waals surface area contributed by atoms with Crippen LogP contribution in [0.2, 0.25) is 0 Å². The molecule has 0 aliphatic carbocycles. The van der Waals surface area contributed by atoms with E-state index in [1.54, 1.807) is 41.1 Å². The number of ketones is 1. The summed E-state index contributed by atoms with van der Waals surface area (Å²) in [5.41, 5.74) is 1.19. The zero-order chi connectivity index (χ0) is 14.5. The van der Waals surface area contributed by atoms with E-state index < -0.39 is 4.92 Å². The number of aromatic nitrogens is 1. The van der Waals surface area contributed by atoms with Crippen LogP contribution in [0.5, 0.6) is 0 Å². The third-order valence-corrected chi connectivity index (χ3v) is 2.73. The Labute approximate surface area is 139 Å². The lowest BCUT2D eigenvalue weighted by Gasteiger charge is -1.95. The molecule has 0 unspecified atom stereocenters. The Kier molecular flexibility index (Phi) is 6.16. The van der Waals surface area contributed by atoms with E-state index in [-0.39, 0.29) is 35.4 Å². The van der Waals surface area contributed by atoms with Crippen molar-refractivity contribution in [2.24, 2.45) is 7.05 Å². The maximum atomic E-state index is 12.0. The number of nitrogens with zero attached hydrogens (tertiary/aromatic N) is 2. The average molecular weight is 397 g/mol. The third kappa shape index (κ3) is 4.75. The Balaban J connectivity index is 0.00000220. The second kappa shape index (κ2) is 7.63. The van der Waals surface area contributed by atoms with Crippen LogP contribution in [0.15, 0.2) is 54.9 Å². The first kappa shape index (κ1) is 17.0. The van der Waals surface area contributed by atoms with Crippen LogP contribution in [0.1, 0.15) is 15.9 Å². The molecule has 108 valence electrons. The standard InChI is InChI=1S/C15H13N2O3.HI/c1-16-9-3-5-13(11-16)15(18)8-7-12-4-2-6-14(10-12)17(19)20;/h2-11H,1H3;1H/q+1;. The zero-order valence-corrected chi connectivity index (χ0v) is 13.6. The number of benzene rings is 1. The van der Waals surface area contributed by atoms with E-state index in [1.165, 1.54) is 18.2 Å². The van der Waals surface area contributed by atoms with Gasteiger partial charge in [0.25, 0.3) is 5.69 Å². The van der Waals surface area contributed by atoms with Gasteiger partial charge in [0.1, 0.15) is 7.05 Å². The van der Waals surface area contributed by atoms with Crippen LogP contribution in [0.4, 0.5) is 5.69 Å². The van der Waals surface area contributed by atoms with Crippen molar-refractivity contribution in [3.63, 3.8) is 0 Å². The van der Waals surface area contributed by atoms with Crippen molar-refractivity contribution >= 4 is 41.5 Å². The summed E-state index contributed by atoms with van der Waals surface area (Å²) in [6.07, 6.45) is 6.54. The normalized spacial score (nSPS) is 10.1. The summed E-state index contributed by atoms with van der Waals surface area (Å²) in [4.78, 5) is 22.2. The maximum Gasteiger partial charge on any atom is 0.270 e. The first-order chi connectivity index (χ1) is 9.56. The molecule has 0 saturated carbocycles. The second-order valence-corrected chi connectivity index (χ2v) is 4.31. The molecule has 2 aromatic rings. The van der Waals surface area contributed by atoms with Crippen molar-refractivity contribution in [2.75, 3.05) is 0 Å². The highest BCUT2D eigenvalue weighted by Crippen LogP contribution is 2.14. The van der Waals surface area contributed by atoms with Crippen molar-refractivity contribution < 1.29 is 14.3 Å². The molecule has 0 amide bonds. The van der Waals surface area contributed by atoms with Gasteiger partial charge in [0.15, 0.2) is 18.2 Å². The first-order valence-corrected chi connectivity index (χ1v) is 5.98. The SMILES string of the molecule is C[n+]1cccc(C(=O)C=Cc2cccc([N+](=O)[O-])c2)c1.I. The van der Waals surface area contributed by atoms with Gasteiger partial charge in [-0.1, -0.05) is 18.2 Å². The molecule has 0 aliphatic rings. The predicted octanol–water partition coefficient (Wildman–Crippen LogP) is 2.93. The summed E-state index contributed by atoms with van der Waals surface area (Å²) in [6.45, 7) is 0. The summed E-state index contributed by atoms with van der Waals surface area (Å²) in [6, 6.07) is 9.65. The van der Waals surface area contributed by atoms with E-state index in [0.717, 1.165) is 0 Å². The van der Waals surface area contributed by atoms with Crippen molar-refractivity contribution in [1.82, 2.24) is 0 Å². The molecule has 21 heavy (non-hydrogen) atoms. The monoisotopic (exact) mass is 397 g/mol. The number of hydrogen-bond donors (Lipinski definition) is 0. The van der Waals surface area contributed by atoms with Gasteiger partial charge in [0, 0.05) is 18.2 Å². The molecule has 1 heterocycles. The van der Waals surface area contributed by atoms with Crippen LogP contribution in [-0.4, -0.2) is 10.7 Å². The summed E-state index contributed by atoms with van der Waals surface area (Å²) in [5, 5.41) is 10.7. The van der Waals surface area contributed by atoms with E-state index in [4.69, 9.17) is 0 Å². The lowest BCUT2D eigenvalue weighted by molar-refractivity contribution is -0.671. The molecule has 1 aromatic carbocycles. The van der Waals surface area contributed by atoms with Crippen LogP contribution in [-0.2, 0) is 7.05 Å². The van der Waals surface area contributed by atoms with Gasteiger partial charge in [-0.25, -0.2) is 4.57 Å². The molecule has 0 saturated heterocycles. The number of carbonyl (C=O) groups excluding carboxylic acids is 1. The number of rotatable bonds is 4. The van der Waals surface area contributed by atoms with E-state index >= 15 is 0 Å². The molecule has 6 heteroatoms. The smallest absolute Gasteiger partial charge is 0.270 e. The van der Waals surface area contributed by atoms with Gasteiger partial charge in [-0.2, -0.15) is 0 Å². The molecule has 0 aliphatic heterocycles. The van der Waals surface area contributed by atoms with Gasteiger partial charge in [0.05, 0.1) is 10.5 Å². The maximum absolute atomic E-state index is 12.0. The third-order valence-electron chi connectivity index (χ3n) is 2.73. The fraction of sp³-hybridized carbons (Fsp3) is 0.0667. The van der Waals surface area contributed by atoms with Gasteiger partial charge in [-0.15, -0.1) is 24.0 Å². The second-order valence-electron chi connectivity index (χ2n) is 4.31. The minimum atomic E-state index is -0.462. The predicted molar refractivity (Wildman–Crippen MR) is 89.5 cm³/mol. The summed E-state index contributed by atoms with van der Waals surface area (Å²) >= 11 is 0. The number of nitro benzene ring substituents is 1. The number of non-ortho nitro benzene ring substituents is 1. The number of aryl methyl sites for hydroxylation is 1. The Morgan fingerprint density at radius 1 is 1.29 bits per heavy atom. The number of allylic oxidation sites excluding steroid dienone is 1. The Morgan fingerprint density at radius 3 is 2.71 bits per heavy atom. The fourth-order valence-corrected chi connectivity index (χ4v) is 1.74. The van der Waals surface area contributed by atoms with Crippen LogP contribution >= 0.6 is 24.0 Å².